The van der Waals surface area contributed by atoms with Crippen LogP contribution in [0.5, 0.6) is 0 Å². The van der Waals surface area contributed by atoms with E-state index in [4.69, 9.17) is 5.11 Å². The number of anilines is 1. The zero-order valence-electron chi connectivity index (χ0n) is 11.2. The van der Waals surface area contributed by atoms with Crippen molar-refractivity contribution in [2.75, 3.05) is 10.5 Å². The van der Waals surface area contributed by atoms with Gasteiger partial charge in [-0.25, -0.2) is 18.2 Å². The Morgan fingerprint density at radius 1 is 1.42 bits per heavy atom. The summed E-state index contributed by atoms with van der Waals surface area (Å²) in [5.41, 5.74) is -0.103. The molecule has 0 aromatic carbocycles. The topological polar surface area (TPSA) is 96.4 Å². The molecule has 0 spiro atoms. The minimum absolute atomic E-state index is 0.0106. The first-order chi connectivity index (χ1) is 8.59. The van der Waals surface area contributed by atoms with E-state index in [2.05, 4.69) is 9.71 Å². The number of pyridine rings is 1. The van der Waals surface area contributed by atoms with Crippen LogP contribution in [0.3, 0.4) is 0 Å². The number of nitrogens with zero attached hydrogens (tertiary/aromatic N) is 1. The molecule has 1 aromatic rings. The van der Waals surface area contributed by atoms with E-state index in [-0.39, 0.29) is 22.5 Å². The van der Waals surface area contributed by atoms with Crippen LogP contribution < -0.4 is 4.72 Å². The molecule has 0 unspecified atom stereocenters. The Balaban J connectivity index is 2.78. The maximum atomic E-state index is 11.8. The number of hydrogen-bond donors (Lipinski definition) is 2. The minimum Gasteiger partial charge on any atom is -0.478 e. The molecular weight excluding hydrogens is 268 g/mol. The number of sulfonamides is 1. The van der Waals surface area contributed by atoms with E-state index in [9.17, 15) is 13.2 Å². The predicted molar refractivity (Wildman–Crippen MR) is 72.7 cm³/mol. The molecule has 1 aromatic heterocycles. The van der Waals surface area contributed by atoms with E-state index in [0.717, 1.165) is 0 Å². The Hall–Kier alpha value is -1.63. The molecule has 0 aliphatic rings. The number of aromatic carboxylic acids is 1. The second-order valence-corrected chi connectivity index (χ2v) is 7.31. The van der Waals surface area contributed by atoms with Crippen LogP contribution in [0.4, 0.5) is 5.82 Å². The first-order valence-corrected chi connectivity index (χ1v) is 7.44. The van der Waals surface area contributed by atoms with Crippen LogP contribution in [0.1, 0.15) is 37.6 Å². The summed E-state index contributed by atoms with van der Waals surface area (Å²) in [6, 6.07) is 2.49. The van der Waals surface area contributed by atoms with Gasteiger partial charge in [0.15, 0.2) is 0 Å². The zero-order chi connectivity index (χ0) is 14.7. The van der Waals surface area contributed by atoms with E-state index in [1.54, 1.807) is 0 Å². The molecule has 6 nitrogen and oxygen atoms in total. The summed E-state index contributed by atoms with van der Waals surface area (Å²) in [6.07, 6.45) is 1.76. The van der Waals surface area contributed by atoms with Crippen molar-refractivity contribution in [2.24, 2.45) is 5.41 Å². The van der Waals surface area contributed by atoms with E-state index >= 15 is 0 Å². The quantitative estimate of drug-likeness (QED) is 0.862. The standard InChI is InChI=1S/C12H18N2O4S/c1-12(2,3)5-7-19(17,18)14-10-8-9(11(15)16)4-6-13-10/h4,6,8H,5,7H2,1-3H3,(H,13,14)(H,15,16). The lowest BCUT2D eigenvalue weighted by molar-refractivity contribution is 0.0697. The maximum absolute atomic E-state index is 11.8. The van der Waals surface area contributed by atoms with Gasteiger partial charge < -0.3 is 5.11 Å². The average Bonchev–Trinajstić information content (AvgIpc) is 2.25. The van der Waals surface area contributed by atoms with Crippen molar-refractivity contribution in [2.45, 2.75) is 27.2 Å². The van der Waals surface area contributed by atoms with Crippen molar-refractivity contribution in [3.63, 3.8) is 0 Å². The molecule has 0 aliphatic carbocycles. The van der Waals surface area contributed by atoms with Gasteiger partial charge in [0, 0.05) is 6.20 Å². The summed E-state index contributed by atoms with van der Waals surface area (Å²) in [7, 11) is -3.52. The predicted octanol–water partition coefficient (Wildman–Crippen LogP) is 1.96. The van der Waals surface area contributed by atoms with E-state index in [1.165, 1.54) is 18.3 Å². The van der Waals surface area contributed by atoms with E-state index in [1.807, 2.05) is 20.8 Å². The lowest BCUT2D eigenvalue weighted by Gasteiger charge is -2.18. The van der Waals surface area contributed by atoms with Crippen LogP contribution in [0.15, 0.2) is 18.3 Å². The van der Waals surface area contributed by atoms with Gasteiger partial charge in [-0.1, -0.05) is 20.8 Å². The highest BCUT2D eigenvalue weighted by molar-refractivity contribution is 7.92. The second-order valence-electron chi connectivity index (χ2n) is 5.47. The van der Waals surface area contributed by atoms with Crippen molar-refractivity contribution in [3.05, 3.63) is 23.9 Å². The summed E-state index contributed by atoms with van der Waals surface area (Å²) in [5.74, 6) is -1.14. The highest BCUT2D eigenvalue weighted by Crippen LogP contribution is 2.20. The lowest BCUT2D eigenvalue weighted by atomic mass is 9.94. The van der Waals surface area contributed by atoms with Crippen LogP contribution >= 0.6 is 0 Å². The van der Waals surface area contributed by atoms with Crippen molar-refractivity contribution >= 4 is 21.8 Å². The van der Waals surface area contributed by atoms with Gasteiger partial charge >= 0.3 is 5.97 Å². The molecule has 2 N–H and O–H groups in total. The van der Waals surface area contributed by atoms with Gasteiger partial charge in [-0.05, 0) is 24.0 Å². The van der Waals surface area contributed by atoms with Crippen LogP contribution in [0.25, 0.3) is 0 Å². The average molecular weight is 286 g/mol. The molecule has 0 amide bonds. The second kappa shape index (κ2) is 5.56. The van der Waals surface area contributed by atoms with Crippen LogP contribution in [-0.4, -0.2) is 30.2 Å². The first kappa shape index (κ1) is 15.4. The molecule has 1 heterocycles. The first-order valence-electron chi connectivity index (χ1n) is 5.79. The largest absolute Gasteiger partial charge is 0.478 e. The smallest absolute Gasteiger partial charge is 0.335 e. The Kier molecular flexibility index (Phi) is 4.52. The lowest BCUT2D eigenvalue weighted by Crippen LogP contribution is -2.21. The molecule has 1 rings (SSSR count). The van der Waals surface area contributed by atoms with Gasteiger partial charge in [0.1, 0.15) is 5.82 Å². The Labute approximate surface area is 112 Å². The molecule has 7 heteroatoms. The van der Waals surface area contributed by atoms with Crippen molar-refractivity contribution in [1.82, 2.24) is 4.98 Å². The normalized spacial score (nSPS) is 12.2. The van der Waals surface area contributed by atoms with Gasteiger partial charge in [-0.2, -0.15) is 0 Å². The summed E-state index contributed by atoms with van der Waals surface area (Å²) in [5, 5.41) is 8.81. The monoisotopic (exact) mass is 286 g/mol. The Bertz CT molecular complexity index is 561. The molecular formula is C12H18N2O4S. The molecule has 0 fully saturated rings. The van der Waals surface area contributed by atoms with Crippen molar-refractivity contribution in [1.29, 1.82) is 0 Å². The highest BCUT2D eigenvalue weighted by Gasteiger charge is 2.18. The van der Waals surface area contributed by atoms with Crippen LogP contribution in [-0.2, 0) is 10.0 Å². The molecule has 0 saturated carbocycles. The minimum atomic E-state index is -3.52. The van der Waals surface area contributed by atoms with Crippen LogP contribution in [0.2, 0.25) is 0 Å². The molecule has 0 saturated heterocycles. The van der Waals surface area contributed by atoms with Crippen molar-refractivity contribution in [3.8, 4) is 0 Å². The maximum Gasteiger partial charge on any atom is 0.335 e. The fourth-order valence-electron chi connectivity index (χ4n) is 1.27. The van der Waals surface area contributed by atoms with Gasteiger partial charge in [0.05, 0.1) is 11.3 Å². The molecule has 0 aliphatic heterocycles. The Morgan fingerprint density at radius 3 is 2.58 bits per heavy atom. The molecule has 106 valence electrons. The number of carboxylic acid groups (broad SMARTS) is 1. The number of carbonyl (C=O) groups is 1. The fraction of sp³-hybridized carbons (Fsp3) is 0.500. The third kappa shape index (κ3) is 5.69. The molecule has 0 bridgehead atoms. The summed E-state index contributed by atoms with van der Waals surface area (Å²) in [4.78, 5) is 14.6. The van der Waals surface area contributed by atoms with E-state index < -0.39 is 16.0 Å². The third-order valence-corrected chi connectivity index (χ3v) is 3.65. The van der Waals surface area contributed by atoms with Gasteiger partial charge in [-0.15, -0.1) is 0 Å². The summed E-state index contributed by atoms with van der Waals surface area (Å²) >= 11 is 0. The summed E-state index contributed by atoms with van der Waals surface area (Å²) < 4.78 is 25.9. The molecule has 0 atom stereocenters. The number of rotatable bonds is 5. The van der Waals surface area contributed by atoms with Gasteiger partial charge in [0.2, 0.25) is 10.0 Å². The fourth-order valence-corrected chi connectivity index (χ4v) is 2.68. The Morgan fingerprint density at radius 2 is 2.05 bits per heavy atom. The van der Waals surface area contributed by atoms with Gasteiger partial charge in [0.25, 0.3) is 0 Å². The number of hydrogen-bond acceptors (Lipinski definition) is 4. The molecule has 19 heavy (non-hydrogen) atoms. The van der Waals surface area contributed by atoms with Crippen molar-refractivity contribution < 1.29 is 18.3 Å². The summed E-state index contributed by atoms with van der Waals surface area (Å²) in [6.45, 7) is 5.85. The van der Waals surface area contributed by atoms with Crippen LogP contribution in [0, 0.1) is 5.41 Å². The molecule has 0 radical (unpaired) electrons. The highest BCUT2D eigenvalue weighted by atomic mass is 32.2. The zero-order valence-corrected chi connectivity index (χ0v) is 12.0. The number of aromatic nitrogens is 1. The number of nitrogens with one attached hydrogen (secondary N) is 1. The van der Waals surface area contributed by atoms with E-state index in [0.29, 0.717) is 6.42 Å². The number of carboxylic acids is 1. The SMILES string of the molecule is CC(C)(C)CCS(=O)(=O)Nc1cc(C(=O)O)ccn1. The van der Waals surface area contributed by atoms with Gasteiger partial charge in [-0.3, -0.25) is 4.72 Å². The third-order valence-electron chi connectivity index (χ3n) is 2.39.